The first-order chi connectivity index (χ1) is 14.7. The number of aromatic nitrogens is 2. The van der Waals surface area contributed by atoms with Gasteiger partial charge < -0.3 is 20.1 Å². The van der Waals surface area contributed by atoms with Gasteiger partial charge in [0, 0.05) is 30.1 Å². The van der Waals surface area contributed by atoms with Crippen molar-refractivity contribution in [2.24, 2.45) is 4.99 Å². The quantitative estimate of drug-likeness (QED) is 0.416. The topological polar surface area (TPSA) is 72.7 Å². The minimum atomic E-state index is 0.526. The Morgan fingerprint density at radius 1 is 1.07 bits per heavy atom. The summed E-state index contributed by atoms with van der Waals surface area (Å²) in [6, 6.07) is 16.0. The van der Waals surface area contributed by atoms with Crippen molar-refractivity contribution in [1.82, 2.24) is 15.1 Å². The van der Waals surface area contributed by atoms with Gasteiger partial charge in [-0.25, -0.2) is 4.99 Å². The van der Waals surface area contributed by atoms with E-state index in [1.165, 1.54) is 5.56 Å². The van der Waals surface area contributed by atoms with Crippen molar-refractivity contribution < 1.29 is 9.47 Å². The van der Waals surface area contributed by atoms with Gasteiger partial charge in [-0.3, -0.25) is 4.68 Å². The lowest BCUT2D eigenvalue weighted by atomic mass is 10.2. The smallest absolute Gasteiger partial charge is 0.196 e. The fraction of sp³-hybridized carbons (Fsp3) is 0.304. The van der Waals surface area contributed by atoms with Crippen molar-refractivity contribution in [2.75, 3.05) is 25.6 Å². The van der Waals surface area contributed by atoms with Crippen molar-refractivity contribution in [2.45, 2.75) is 26.9 Å². The Morgan fingerprint density at radius 2 is 1.90 bits per heavy atom. The Labute approximate surface area is 177 Å². The van der Waals surface area contributed by atoms with Gasteiger partial charge in [0.2, 0.25) is 0 Å². The summed E-state index contributed by atoms with van der Waals surface area (Å²) in [4.78, 5) is 4.69. The largest absolute Gasteiger partial charge is 0.493 e. The maximum Gasteiger partial charge on any atom is 0.196 e. The molecule has 0 aliphatic heterocycles. The third-order valence-electron chi connectivity index (χ3n) is 4.36. The van der Waals surface area contributed by atoms with Gasteiger partial charge in [0.15, 0.2) is 17.5 Å². The molecule has 7 nitrogen and oxygen atoms in total. The predicted molar refractivity (Wildman–Crippen MR) is 120 cm³/mol. The van der Waals surface area contributed by atoms with E-state index in [0.717, 1.165) is 24.3 Å². The Balaban J connectivity index is 1.67. The first-order valence-corrected chi connectivity index (χ1v) is 10.1. The van der Waals surface area contributed by atoms with Crippen molar-refractivity contribution >= 4 is 11.6 Å². The molecule has 3 rings (SSSR count). The van der Waals surface area contributed by atoms with Crippen LogP contribution in [0.3, 0.4) is 0 Å². The van der Waals surface area contributed by atoms with E-state index in [4.69, 9.17) is 9.47 Å². The Kier molecular flexibility index (Phi) is 7.71. The van der Waals surface area contributed by atoms with E-state index in [0.29, 0.717) is 30.6 Å². The third kappa shape index (κ3) is 6.01. The minimum absolute atomic E-state index is 0.526. The number of hydrogen-bond donors (Lipinski definition) is 2. The third-order valence-corrected chi connectivity index (χ3v) is 4.36. The molecule has 0 saturated carbocycles. The number of ether oxygens (including phenoxy) is 2. The van der Waals surface area contributed by atoms with Crippen molar-refractivity contribution in [1.29, 1.82) is 0 Å². The molecular formula is C23H29N5O2. The van der Waals surface area contributed by atoms with E-state index >= 15 is 0 Å². The molecule has 158 valence electrons. The zero-order valence-electron chi connectivity index (χ0n) is 17.8. The second-order valence-corrected chi connectivity index (χ2v) is 6.65. The number of anilines is 1. The van der Waals surface area contributed by atoms with Crippen LogP contribution in [-0.4, -0.2) is 36.0 Å². The summed E-state index contributed by atoms with van der Waals surface area (Å²) in [6.45, 7) is 6.58. The SMILES string of the molecule is CCNC(=NCc1cnn(Cc2ccccc2)c1)Nc1ccc(OC)c(OCC)c1. The Bertz CT molecular complexity index is 953. The summed E-state index contributed by atoms with van der Waals surface area (Å²) in [5, 5.41) is 11.0. The number of nitrogens with one attached hydrogen (secondary N) is 2. The standard InChI is InChI=1S/C23H29N5O2/c1-4-24-23(27-20-11-12-21(29-3)22(13-20)30-5-2)25-14-19-15-26-28(17-19)16-18-9-7-6-8-10-18/h6-13,15,17H,4-5,14,16H2,1-3H3,(H2,24,25,27). The van der Waals surface area contributed by atoms with Crippen LogP contribution in [0.15, 0.2) is 65.9 Å². The first-order valence-electron chi connectivity index (χ1n) is 10.1. The molecule has 2 aromatic carbocycles. The highest BCUT2D eigenvalue weighted by Crippen LogP contribution is 2.30. The summed E-state index contributed by atoms with van der Waals surface area (Å²) in [6.07, 6.45) is 3.89. The second-order valence-electron chi connectivity index (χ2n) is 6.65. The van der Waals surface area contributed by atoms with Gasteiger partial charge in [0.05, 0.1) is 33.0 Å². The van der Waals surface area contributed by atoms with Crippen molar-refractivity contribution in [3.63, 3.8) is 0 Å². The molecule has 0 saturated heterocycles. The highest BCUT2D eigenvalue weighted by molar-refractivity contribution is 5.93. The van der Waals surface area contributed by atoms with E-state index in [9.17, 15) is 0 Å². The van der Waals surface area contributed by atoms with Gasteiger partial charge in [0.1, 0.15) is 0 Å². The van der Waals surface area contributed by atoms with E-state index in [2.05, 4.69) is 32.9 Å². The number of guanidine groups is 1. The van der Waals surface area contributed by atoms with Crippen LogP contribution in [0.1, 0.15) is 25.0 Å². The lowest BCUT2D eigenvalue weighted by Gasteiger charge is -2.14. The molecule has 0 amide bonds. The molecule has 2 N–H and O–H groups in total. The molecule has 7 heteroatoms. The number of rotatable bonds is 9. The van der Waals surface area contributed by atoms with E-state index < -0.39 is 0 Å². The summed E-state index contributed by atoms with van der Waals surface area (Å²) in [7, 11) is 1.63. The summed E-state index contributed by atoms with van der Waals surface area (Å²) < 4.78 is 12.9. The van der Waals surface area contributed by atoms with E-state index in [1.807, 2.05) is 67.3 Å². The van der Waals surface area contributed by atoms with Crippen LogP contribution in [0.2, 0.25) is 0 Å². The molecule has 0 atom stereocenters. The number of aliphatic imine (C=N–C) groups is 1. The lowest BCUT2D eigenvalue weighted by Crippen LogP contribution is -2.30. The molecule has 30 heavy (non-hydrogen) atoms. The predicted octanol–water partition coefficient (Wildman–Crippen LogP) is 3.92. The zero-order valence-corrected chi connectivity index (χ0v) is 17.8. The molecule has 0 unspecified atom stereocenters. The van der Waals surface area contributed by atoms with Gasteiger partial charge in [-0.15, -0.1) is 0 Å². The van der Waals surface area contributed by atoms with E-state index in [-0.39, 0.29) is 0 Å². The summed E-state index contributed by atoms with van der Waals surface area (Å²) in [5.74, 6) is 2.10. The molecule has 0 bridgehead atoms. The van der Waals surface area contributed by atoms with Gasteiger partial charge in [-0.2, -0.15) is 5.10 Å². The van der Waals surface area contributed by atoms with Crippen molar-refractivity contribution in [3.8, 4) is 11.5 Å². The molecule has 3 aromatic rings. The Hall–Kier alpha value is -3.48. The first kappa shape index (κ1) is 21.2. The molecule has 0 spiro atoms. The van der Waals surface area contributed by atoms with Crippen LogP contribution in [-0.2, 0) is 13.1 Å². The minimum Gasteiger partial charge on any atom is -0.493 e. The van der Waals surface area contributed by atoms with Crippen LogP contribution in [0, 0.1) is 0 Å². The lowest BCUT2D eigenvalue weighted by molar-refractivity contribution is 0.311. The van der Waals surface area contributed by atoms with Crippen LogP contribution >= 0.6 is 0 Å². The summed E-state index contributed by atoms with van der Waals surface area (Å²) >= 11 is 0. The molecule has 0 radical (unpaired) electrons. The normalized spacial score (nSPS) is 11.2. The van der Waals surface area contributed by atoms with Gasteiger partial charge in [-0.05, 0) is 31.5 Å². The molecule has 0 fully saturated rings. The average Bonchev–Trinajstić information content (AvgIpc) is 3.21. The van der Waals surface area contributed by atoms with Gasteiger partial charge in [0.25, 0.3) is 0 Å². The van der Waals surface area contributed by atoms with Gasteiger partial charge >= 0.3 is 0 Å². The summed E-state index contributed by atoms with van der Waals surface area (Å²) in [5.41, 5.74) is 3.14. The van der Waals surface area contributed by atoms with Crippen LogP contribution in [0.5, 0.6) is 11.5 Å². The Morgan fingerprint density at radius 3 is 2.63 bits per heavy atom. The van der Waals surface area contributed by atoms with Crippen LogP contribution in [0.4, 0.5) is 5.69 Å². The van der Waals surface area contributed by atoms with Crippen LogP contribution in [0.25, 0.3) is 0 Å². The van der Waals surface area contributed by atoms with E-state index in [1.54, 1.807) is 7.11 Å². The zero-order chi connectivity index (χ0) is 21.2. The average molecular weight is 408 g/mol. The molecule has 1 aromatic heterocycles. The highest BCUT2D eigenvalue weighted by atomic mass is 16.5. The van der Waals surface area contributed by atoms with Crippen LogP contribution < -0.4 is 20.1 Å². The molecular weight excluding hydrogens is 378 g/mol. The number of hydrogen-bond acceptors (Lipinski definition) is 4. The monoisotopic (exact) mass is 407 g/mol. The molecule has 0 aliphatic rings. The fourth-order valence-electron chi connectivity index (χ4n) is 2.98. The number of methoxy groups -OCH3 is 1. The molecule has 1 heterocycles. The van der Waals surface area contributed by atoms with Crippen molar-refractivity contribution in [3.05, 3.63) is 72.1 Å². The van der Waals surface area contributed by atoms with Gasteiger partial charge in [-0.1, -0.05) is 30.3 Å². The fourth-order valence-corrected chi connectivity index (χ4v) is 2.98. The number of nitrogens with zero attached hydrogens (tertiary/aromatic N) is 3. The second kappa shape index (κ2) is 10.9. The molecule has 0 aliphatic carbocycles. The number of benzene rings is 2. The maximum atomic E-state index is 5.65. The maximum absolute atomic E-state index is 5.65. The highest BCUT2D eigenvalue weighted by Gasteiger charge is 2.07.